The highest BCUT2D eigenvalue weighted by molar-refractivity contribution is 5.37. The summed E-state index contributed by atoms with van der Waals surface area (Å²) >= 11 is 0. The second-order valence-corrected chi connectivity index (χ2v) is 4.74. The molecule has 1 saturated heterocycles. The number of nitrogens with zero attached hydrogens (tertiary/aromatic N) is 1. The zero-order chi connectivity index (χ0) is 13.0. The average molecular weight is 250 g/mol. The van der Waals surface area contributed by atoms with Crippen molar-refractivity contribution in [3.8, 4) is 5.75 Å². The van der Waals surface area contributed by atoms with Crippen LogP contribution in [-0.2, 0) is 17.8 Å². The van der Waals surface area contributed by atoms with E-state index in [0.717, 1.165) is 37.6 Å². The highest BCUT2D eigenvalue weighted by atomic mass is 16.5. The van der Waals surface area contributed by atoms with E-state index >= 15 is 0 Å². The molecule has 1 aliphatic heterocycles. The second kappa shape index (κ2) is 6.18. The Morgan fingerprint density at radius 2 is 2.33 bits per heavy atom. The summed E-state index contributed by atoms with van der Waals surface area (Å²) in [6, 6.07) is 6.73. The third-order valence-electron chi connectivity index (χ3n) is 3.46. The van der Waals surface area contributed by atoms with Crippen LogP contribution in [0.25, 0.3) is 0 Å². The lowest BCUT2D eigenvalue weighted by atomic mass is 10.1. The van der Waals surface area contributed by atoms with Crippen LogP contribution < -0.4 is 10.5 Å². The molecule has 1 atom stereocenters. The van der Waals surface area contributed by atoms with Crippen molar-refractivity contribution in [2.75, 3.05) is 26.9 Å². The Morgan fingerprint density at radius 3 is 3.00 bits per heavy atom. The highest BCUT2D eigenvalue weighted by Gasteiger charge is 2.18. The zero-order valence-corrected chi connectivity index (χ0v) is 11.2. The SMILES string of the molecule is COc1ccc(CN2CCOCC2C)cc1CN. The van der Waals surface area contributed by atoms with Crippen molar-refractivity contribution >= 4 is 0 Å². The van der Waals surface area contributed by atoms with Gasteiger partial charge in [-0.3, -0.25) is 4.90 Å². The van der Waals surface area contributed by atoms with Gasteiger partial charge in [0.15, 0.2) is 0 Å². The molecule has 0 amide bonds. The van der Waals surface area contributed by atoms with Gasteiger partial charge in [-0.2, -0.15) is 0 Å². The van der Waals surface area contributed by atoms with E-state index in [1.54, 1.807) is 7.11 Å². The Labute approximate surface area is 109 Å². The van der Waals surface area contributed by atoms with E-state index in [2.05, 4.69) is 24.0 Å². The Balaban J connectivity index is 2.08. The molecule has 0 aromatic heterocycles. The summed E-state index contributed by atoms with van der Waals surface area (Å²) in [5.74, 6) is 0.872. The van der Waals surface area contributed by atoms with Crippen LogP contribution in [0.2, 0.25) is 0 Å². The third-order valence-corrected chi connectivity index (χ3v) is 3.46. The molecule has 2 N–H and O–H groups in total. The van der Waals surface area contributed by atoms with Crippen LogP contribution in [0.1, 0.15) is 18.1 Å². The molecule has 1 aromatic carbocycles. The minimum atomic E-state index is 0.474. The average Bonchev–Trinajstić information content (AvgIpc) is 2.41. The summed E-state index contributed by atoms with van der Waals surface area (Å²) in [6.45, 7) is 6.29. The maximum absolute atomic E-state index is 5.74. The fourth-order valence-corrected chi connectivity index (χ4v) is 2.32. The van der Waals surface area contributed by atoms with Gasteiger partial charge in [0.2, 0.25) is 0 Å². The minimum absolute atomic E-state index is 0.474. The van der Waals surface area contributed by atoms with Crippen LogP contribution in [0.5, 0.6) is 5.75 Å². The number of hydrogen-bond acceptors (Lipinski definition) is 4. The number of methoxy groups -OCH3 is 1. The van der Waals surface area contributed by atoms with Crippen molar-refractivity contribution in [2.45, 2.75) is 26.1 Å². The van der Waals surface area contributed by atoms with Crippen LogP contribution in [0, 0.1) is 0 Å². The number of nitrogens with two attached hydrogens (primary N) is 1. The van der Waals surface area contributed by atoms with Gasteiger partial charge in [-0.1, -0.05) is 6.07 Å². The standard InChI is InChI=1S/C14H22N2O2/c1-11-10-18-6-5-16(11)9-12-3-4-14(17-2)13(7-12)8-15/h3-4,7,11H,5-6,8-10,15H2,1-2H3. The Kier molecular flexibility index (Phi) is 4.58. The van der Waals surface area contributed by atoms with Gasteiger partial charge in [0.1, 0.15) is 5.75 Å². The predicted molar refractivity (Wildman–Crippen MR) is 71.6 cm³/mol. The monoisotopic (exact) mass is 250 g/mol. The van der Waals surface area contributed by atoms with Gasteiger partial charge < -0.3 is 15.2 Å². The van der Waals surface area contributed by atoms with E-state index < -0.39 is 0 Å². The van der Waals surface area contributed by atoms with Gasteiger partial charge in [0.25, 0.3) is 0 Å². The smallest absolute Gasteiger partial charge is 0.123 e. The molecule has 4 nitrogen and oxygen atoms in total. The molecule has 0 saturated carbocycles. The van der Waals surface area contributed by atoms with Gasteiger partial charge in [0, 0.05) is 31.2 Å². The van der Waals surface area contributed by atoms with Gasteiger partial charge >= 0.3 is 0 Å². The molecule has 1 aromatic rings. The summed E-state index contributed by atoms with van der Waals surface area (Å²) in [6.07, 6.45) is 0. The number of hydrogen-bond donors (Lipinski definition) is 1. The van der Waals surface area contributed by atoms with E-state index in [4.69, 9.17) is 15.2 Å². The maximum atomic E-state index is 5.74. The van der Waals surface area contributed by atoms with Crippen molar-refractivity contribution in [1.82, 2.24) is 4.90 Å². The van der Waals surface area contributed by atoms with E-state index in [9.17, 15) is 0 Å². The van der Waals surface area contributed by atoms with Crippen molar-refractivity contribution in [2.24, 2.45) is 5.73 Å². The summed E-state index contributed by atoms with van der Waals surface area (Å²) < 4.78 is 10.7. The first kappa shape index (κ1) is 13.3. The summed E-state index contributed by atoms with van der Waals surface area (Å²) in [5.41, 5.74) is 8.09. The van der Waals surface area contributed by atoms with Gasteiger partial charge in [0.05, 0.1) is 20.3 Å². The molecule has 4 heteroatoms. The lowest BCUT2D eigenvalue weighted by Crippen LogP contribution is -2.42. The number of ether oxygens (including phenoxy) is 2. The molecule has 1 aliphatic rings. The molecule has 1 unspecified atom stereocenters. The molecule has 18 heavy (non-hydrogen) atoms. The predicted octanol–water partition coefficient (Wildman–Crippen LogP) is 1.37. The van der Waals surface area contributed by atoms with Crippen LogP contribution in [-0.4, -0.2) is 37.8 Å². The summed E-state index contributed by atoms with van der Waals surface area (Å²) in [7, 11) is 1.68. The van der Waals surface area contributed by atoms with Crippen molar-refractivity contribution in [3.63, 3.8) is 0 Å². The minimum Gasteiger partial charge on any atom is -0.496 e. The van der Waals surface area contributed by atoms with E-state index in [1.807, 2.05) is 6.07 Å². The molecular weight excluding hydrogens is 228 g/mol. The number of rotatable bonds is 4. The molecule has 100 valence electrons. The van der Waals surface area contributed by atoms with Crippen LogP contribution >= 0.6 is 0 Å². The van der Waals surface area contributed by atoms with Crippen molar-refractivity contribution < 1.29 is 9.47 Å². The van der Waals surface area contributed by atoms with Crippen molar-refractivity contribution in [3.05, 3.63) is 29.3 Å². The first-order valence-electron chi connectivity index (χ1n) is 6.42. The molecular formula is C14H22N2O2. The summed E-state index contributed by atoms with van der Waals surface area (Å²) in [5, 5.41) is 0. The van der Waals surface area contributed by atoms with Crippen LogP contribution in [0.3, 0.4) is 0 Å². The fraction of sp³-hybridized carbons (Fsp3) is 0.571. The fourth-order valence-electron chi connectivity index (χ4n) is 2.32. The second-order valence-electron chi connectivity index (χ2n) is 4.74. The van der Waals surface area contributed by atoms with E-state index in [-0.39, 0.29) is 0 Å². The molecule has 2 rings (SSSR count). The summed E-state index contributed by atoms with van der Waals surface area (Å²) in [4.78, 5) is 2.44. The lowest BCUT2D eigenvalue weighted by Gasteiger charge is -2.33. The molecule has 0 bridgehead atoms. The molecule has 0 radical (unpaired) electrons. The third kappa shape index (κ3) is 3.02. The van der Waals surface area contributed by atoms with E-state index in [1.165, 1.54) is 5.56 Å². The highest BCUT2D eigenvalue weighted by Crippen LogP contribution is 2.21. The van der Waals surface area contributed by atoms with Crippen LogP contribution in [0.15, 0.2) is 18.2 Å². The lowest BCUT2D eigenvalue weighted by molar-refractivity contribution is -0.00438. The topological polar surface area (TPSA) is 47.7 Å². The Bertz CT molecular complexity index is 395. The Morgan fingerprint density at radius 1 is 1.50 bits per heavy atom. The maximum Gasteiger partial charge on any atom is 0.123 e. The van der Waals surface area contributed by atoms with Crippen LogP contribution in [0.4, 0.5) is 0 Å². The molecule has 1 fully saturated rings. The van der Waals surface area contributed by atoms with Gasteiger partial charge in [-0.15, -0.1) is 0 Å². The molecule has 0 aliphatic carbocycles. The zero-order valence-electron chi connectivity index (χ0n) is 11.2. The number of morpholine rings is 1. The first-order valence-corrected chi connectivity index (χ1v) is 6.42. The largest absolute Gasteiger partial charge is 0.496 e. The van der Waals surface area contributed by atoms with E-state index in [0.29, 0.717) is 12.6 Å². The van der Waals surface area contributed by atoms with Gasteiger partial charge in [-0.05, 0) is 24.6 Å². The van der Waals surface area contributed by atoms with Gasteiger partial charge in [-0.25, -0.2) is 0 Å². The quantitative estimate of drug-likeness (QED) is 0.877. The normalized spacial score (nSPS) is 20.9. The molecule has 0 spiro atoms. The first-order chi connectivity index (χ1) is 8.74. The van der Waals surface area contributed by atoms with Crippen molar-refractivity contribution in [1.29, 1.82) is 0 Å². The Hall–Kier alpha value is -1.10. The molecule has 1 heterocycles. The number of benzene rings is 1.